The molecular formula is C21H29N5O4S. The predicted octanol–water partition coefficient (Wildman–Crippen LogP) is 2.56. The van der Waals surface area contributed by atoms with E-state index < -0.39 is 23.4 Å². The molecule has 0 aliphatic rings. The smallest absolute Gasteiger partial charge is 0.272 e. The van der Waals surface area contributed by atoms with E-state index in [1.165, 1.54) is 12.0 Å². The van der Waals surface area contributed by atoms with Crippen molar-refractivity contribution in [3.05, 3.63) is 34.8 Å². The maximum atomic E-state index is 13.6. The number of anilines is 2. The number of carbonyl (C=O) groups excluding carboxylic acids is 3. The number of primary amides is 1. The summed E-state index contributed by atoms with van der Waals surface area (Å²) in [5, 5.41) is 2.95. The van der Waals surface area contributed by atoms with E-state index in [-0.39, 0.29) is 22.2 Å². The van der Waals surface area contributed by atoms with Gasteiger partial charge in [0.2, 0.25) is 5.91 Å². The molecule has 0 bridgehead atoms. The molecule has 2 rings (SSSR count). The lowest BCUT2D eigenvalue weighted by molar-refractivity contribution is -0.123. The Morgan fingerprint density at radius 2 is 1.84 bits per heavy atom. The molecule has 1 heterocycles. The molecule has 0 radical (unpaired) electrons. The number of aromatic nitrogens is 1. The van der Waals surface area contributed by atoms with E-state index >= 15 is 0 Å². The fourth-order valence-corrected chi connectivity index (χ4v) is 3.77. The third kappa shape index (κ3) is 5.72. The van der Waals surface area contributed by atoms with Crippen LogP contribution in [0.3, 0.4) is 0 Å². The minimum Gasteiger partial charge on any atom is -0.497 e. The first-order valence-corrected chi connectivity index (χ1v) is 10.6. The van der Waals surface area contributed by atoms with Crippen LogP contribution in [0.2, 0.25) is 0 Å². The molecule has 31 heavy (non-hydrogen) atoms. The average molecular weight is 448 g/mol. The van der Waals surface area contributed by atoms with Crippen molar-refractivity contribution in [2.24, 2.45) is 5.73 Å². The number of nitrogens with one attached hydrogen (secondary N) is 1. The van der Waals surface area contributed by atoms with E-state index in [1.54, 1.807) is 24.3 Å². The molecule has 1 aromatic heterocycles. The van der Waals surface area contributed by atoms with Crippen LogP contribution in [0.5, 0.6) is 5.75 Å². The van der Waals surface area contributed by atoms with E-state index in [9.17, 15) is 14.4 Å². The number of ether oxygens (including phenoxy) is 1. The molecule has 10 heteroatoms. The van der Waals surface area contributed by atoms with Gasteiger partial charge in [0.25, 0.3) is 11.8 Å². The van der Waals surface area contributed by atoms with Crippen molar-refractivity contribution in [1.29, 1.82) is 0 Å². The molecule has 2 aromatic rings. The fourth-order valence-electron chi connectivity index (χ4n) is 3.02. The number of nitrogen functional groups attached to an aromatic ring is 1. The van der Waals surface area contributed by atoms with Crippen molar-refractivity contribution >= 4 is 40.6 Å². The highest BCUT2D eigenvalue weighted by molar-refractivity contribution is 7.09. The van der Waals surface area contributed by atoms with E-state index in [1.807, 2.05) is 27.7 Å². The average Bonchev–Trinajstić information content (AvgIpc) is 3.08. The standard InChI is InChI=1S/C21H29N5O4S/c1-6-7-14(19(28)24-21(2,3)4)26(12-8-10-13(30-5)11-9-12)20(29)17-15(22)16(18(23)27)25-31-17/h8-11,14H,6-7,22H2,1-5H3,(H2,23,27)(H,24,28). The molecule has 0 saturated heterocycles. The molecule has 3 amide bonds. The summed E-state index contributed by atoms with van der Waals surface area (Å²) in [5.41, 5.74) is 11.0. The van der Waals surface area contributed by atoms with Gasteiger partial charge in [-0.15, -0.1) is 0 Å². The van der Waals surface area contributed by atoms with E-state index in [2.05, 4.69) is 9.69 Å². The van der Waals surface area contributed by atoms with Crippen LogP contribution in [0.25, 0.3) is 0 Å². The number of methoxy groups -OCH3 is 1. The van der Waals surface area contributed by atoms with Crippen molar-refractivity contribution < 1.29 is 19.1 Å². The molecule has 0 aliphatic carbocycles. The lowest BCUT2D eigenvalue weighted by Crippen LogP contribution is -2.54. The monoisotopic (exact) mass is 447 g/mol. The molecule has 0 fully saturated rings. The van der Waals surface area contributed by atoms with E-state index in [4.69, 9.17) is 16.2 Å². The summed E-state index contributed by atoms with van der Waals surface area (Å²) in [7, 11) is 1.54. The van der Waals surface area contributed by atoms with Gasteiger partial charge >= 0.3 is 0 Å². The Hall–Kier alpha value is -3.14. The van der Waals surface area contributed by atoms with Gasteiger partial charge in [-0.05, 0) is 63.0 Å². The van der Waals surface area contributed by atoms with Crippen LogP contribution in [-0.2, 0) is 4.79 Å². The molecule has 5 N–H and O–H groups in total. The lowest BCUT2D eigenvalue weighted by atomic mass is 10.0. The Bertz CT molecular complexity index is 950. The zero-order chi connectivity index (χ0) is 23.3. The van der Waals surface area contributed by atoms with Crippen LogP contribution >= 0.6 is 11.5 Å². The second kappa shape index (κ2) is 9.78. The molecule has 1 aromatic carbocycles. The molecule has 1 atom stereocenters. The molecule has 0 aliphatic heterocycles. The minimum absolute atomic E-state index is 0.0503. The van der Waals surface area contributed by atoms with Gasteiger partial charge in [0, 0.05) is 11.2 Å². The van der Waals surface area contributed by atoms with E-state index in [0.29, 0.717) is 24.3 Å². The van der Waals surface area contributed by atoms with Crippen molar-refractivity contribution in [2.75, 3.05) is 17.7 Å². The summed E-state index contributed by atoms with van der Waals surface area (Å²) in [4.78, 5) is 39.8. The highest BCUT2D eigenvalue weighted by Gasteiger charge is 2.35. The van der Waals surface area contributed by atoms with Crippen molar-refractivity contribution in [2.45, 2.75) is 52.1 Å². The molecule has 168 valence electrons. The number of nitrogens with two attached hydrogens (primary N) is 2. The maximum Gasteiger partial charge on any atom is 0.272 e. The Morgan fingerprint density at radius 1 is 1.23 bits per heavy atom. The summed E-state index contributed by atoms with van der Waals surface area (Å²) < 4.78 is 9.13. The Balaban J connectivity index is 2.59. The van der Waals surface area contributed by atoms with Crippen molar-refractivity contribution in [1.82, 2.24) is 9.69 Å². The van der Waals surface area contributed by atoms with Crippen LogP contribution in [0, 0.1) is 0 Å². The molecular weight excluding hydrogens is 418 g/mol. The number of hydrogen-bond donors (Lipinski definition) is 3. The van der Waals surface area contributed by atoms with Gasteiger partial charge in [-0.25, -0.2) is 0 Å². The van der Waals surface area contributed by atoms with Crippen LogP contribution in [0.4, 0.5) is 11.4 Å². The normalized spacial score (nSPS) is 12.2. The summed E-state index contributed by atoms with van der Waals surface area (Å²) >= 11 is 0.780. The van der Waals surface area contributed by atoms with Gasteiger partial charge in [0.1, 0.15) is 16.7 Å². The quantitative estimate of drug-likeness (QED) is 0.568. The number of carbonyl (C=O) groups is 3. The van der Waals surface area contributed by atoms with Crippen molar-refractivity contribution in [3.8, 4) is 5.75 Å². The first-order chi connectivity index (χ1) is 14.5. The van der Waals surface area contributed by atoms with Crippen LogP contribution in [-0.4, -0.2) is 40.8 Å². The van der Waals surface area contributed by atoms with Gasteiger partial charge < -0.3 is 21.5 Å². The summed E-state index contributed by atoms with van der Waals surface area (Å²) in [6.45, 7) is 7.54. The second-order valence-corrected chi connectivity index (χ2v) is 8.83. The first kappa shape index (κ1) is 24.1. The predicted molar refractivity (Wildman–Crippen MR) is 121 cm³/mol. The summed E-state index contributed by atoms with van der Waals surface area (Å²) in [6.07, 6.45) is 1.08. The third-order valence-electron chi connectivity index (χ3n) is 4.40. The van der Waals surface area contributed by atoms with Gasteiger partial charge in [0.15, 0.2) is 5.69 Å². The fraction of sp³-hybridized carbons (Fsp3) is 0.429. The van der Waals surface area contributed by atoms with E-state index in [0.717, 1.165) is 11.5 Å². The topological polar surface area (TPSA) is 141 Å². The molecule has 0 saturated carbocycles. The zero-order valence-electron chi connectivity index (χ0n) is 18.4. The highest BCUT2D eigenvalue weighted by atomic mass is 32.1. The summed E-state index contributed by atoms with van der Waals surface area (Å²) in [5.74, 6) is -1.04. The number of amides is 3. The maximum absolute atomic E-state index is 13.6. The zero-order valence-corrected chi connectivity index (χ0v) is 19.2. The molecule has 0 spiro atoms. The largest absolute Gasteiger partial charge is 0.497 e. The summed E-state index contributed by atoms with van der Waals surface area (Å²) in [6, 6.07) is 5.98. The first-order valence-electron chi connectivity index (χ1n) is 9.84. The Labute approximate surface area is 185 Å². The number of benzene rings is 1. The van der Waals surface area contributed by atoms with Crippen molar-refractivity contribution in [3.63, 3.8) is 0 Å². The van der Waals surface area contributed by atoms with Gasteiger partial charge in [0.05, 0.1) is 12.8 Å². The second-order valence-electron chi connectivity index (χ2n) is 8.06. The molecule has 9 nitrogen and oxygen atoms in total. The number of nitrogens with zero attached hydrogens (tertiary/aromatic N) is 2. The third-order valence-corrected chi connectivity index (χ3v) is 5.25. The SMILES string of the molecule is CCCC(C(=O)NC(C)(C)C)N(C(=O)c1snc(C(N)=O)c1N)c1ccc(OC)cc1. The van der Waals surface area contributed by atoms with Gasteiger partial charge in [-0.2, -0.15) is 4.37 Å². The highest BCUT2D eigenvalue weighted by Crippen LogP contribution is 2.30. The minimum atomic E-state index is -0.820. The lowest BCUT2D eigenvalue weighted by Gasteiger charge is -2.33. The Kier molecular flexibility index (Phi) is 7.61. The van der Waals surface area contributed by atoms with Crippen LogP contribution in [0.1, 0.15) is 60.7 Å². The Morgan fingerprint density at radius 3 is 2.29 bits per heavy atom. The van der Waals surface area contributed by atoms with Gasteiger partial charge in [-0.1, -0.05) is 13.3 Å². The van der Waals surface area contributed by atoms with Crippen LogP contribution in [0.15, 0.2) is 24.3 Å². The van der Waals surface area contributed by atoms with Crippen LogP contribution < -0.4 is 26.4 Å². The molecule has 1 unspecified atom stereocenters. The van der Waals surface area contributed by atoms with Gasteiger partial charge in [-0.3, -0.25) is 19.3 Å². The number of rotatable bonds is 8. The number of hydrogen-bond acceptors (Lipinski definition) is 7.